The Morgan fingerprint density at radius 2 is 1.76 bits per heavy atom. The number of likely N-dealkylation sites (tertiary alicyclic amines) is 1. The van der Waals surface area contributed by atoms with Crippen LogP contribution in [0.3, 0.4) is 0 Å². The Morgan fingerprint density at radius 3 is 2.51 bits per heavy atom. The number of aromatic hydroxyl groups is 1. The fraction of sp³-hybridized carbons (Fsp3) is 0.558. The summed E-state index contributed by atoms with van der Waals surface area (Å²) >= 11 is 0. The zero-order chi connectivity index (χ0) is 38.3. The highest BCUT2D eigenvalue weighted by atomic mass is 19.1. The van der Waals surface area contributed by atoms with Gasteiger partial charge in [0.1, 0.15) is 34.0 Å². The topological polar surface area (TPSA) is 113 Å². The highest BCUT2D eigenvalue weighted by Gasteiger charge is 2.58. The monoisotopic (exact) mass is 753 g/mol. The Hall–Kier alpha value is -4.31. The number of aromatic nitrogens is 3. The number of β-amino-alcohol motifs (C(OH)–C–C–N with tert-alkyl or cyclic N) is 1. The van der Waals surface area contributed by atoms with Crippen LogP contribution in [-0.2, 0) is 4.74 Å². The second kappa shape index (κ2) is 13.4. The van der Waals surface area contributed by atoms with Crippen LogP contribution in [0, 0.1) is 34.8 Å². The number of phenolic OH excluding ortho intramolecular Hbond substituents is 1. The molecule has 0 radical (unpaired) electrons. The molecule has 1 spiro atoms. The van der Waals surface area contributed by atoms with Crippen molar-refractivity contribution < 1.29 is 33.2 Å². The number of hydrogen-bond donors (Lipinski definition) is 2. The number of ether oxygens (including phenoxy) is 3. The van der Waals surface area contributed by atoms with E-state index in [-0.39, 0.29) is 62.7 Å². The third-order valence-electron chi connectivity index (χ3n) is 13.6. The molecule has 2 saturated heterocycles. The molecule has 3 aliphatic carbocycles. The first-order valence-electron chi connectivity index (χ1n) is 19.7. The Bertz CT molecular complexity index is 2210. The molecule has 3 saturated carbocycles. The lowest BCUT2D eigenvalue weighted by Gasteiger charge is -2.62. The number of benzene rings is 2. The number of hydrogen-bond acceptors (Lipinski definition) is 10. The number of halogens is 2. The highest BCUT2D eigenvalue weighted by molar-refractivity contribution is 6.04. The molecule has 10 nitrogen and oxygen atoms in total. The van der Waals surface area contributed by atoms with Crippen molar-refractivity contribution in [1.29, 1.82) is 0 Å². The largest absolute Gasteiger partial charge is 0.508 e. The number of rotatable bonds is 8. The van der Waals surface area contributed by atoms with Crippen LogP contribution in [0.2, 0.25) is 0 Å². The van der Waals surface area contributed by atoms with Crippen molar-refractivity contribution in [2.24, 2.45) is 10.8 Å². The van der Waals surface area contributed by atoms with E-state index in [1.54, 1.807) is 6.92 Å². The minimum absolute atomic E-state index is 0.0294. The van der Waals surface area contributed by atoms with Gasteiger partial charge < -0.3 is 29.3 Å². The molecule has 5 fully saturated rings. The zero-order valence-corrected chi connectivity index (χ0v) is 31.8. The Morgan fingerprint density at radius 1 is 0.982 bits per heavy atom. The fourth-order valence-corrected chi connectivity index (χ4v) is 11.0. The van der Waals surface area contributed by atoms with E-state index in [4.69, 9.17) is 30.6 Å². The summed E-state index contributed by atoms with van der Waals surface area (Å²) in [5.74, 6) is 1.14. The van der Waals surface area contributed by atoms with Crippen molar-refractivity contribution in [1.82, 2.24) is 19.9 Å². The van der Waals surface area contributed by atoms with E-state index in [1.165, 1.54) is 57.1 Å². The van der Waals surface area contributed by atoms with E-state index in [2.05, 4.69) is 15.8 Å². The summed E-state index contributed by atoms with van der Waals surface area (Å²) in [4.78, 5) is 19.0. The number of phenols is 1. The average Bonchev–Trinajstić information content (AvgIpc) is 3.57. The Balaban J connectivity index is 1.12. The maximum absolute atomic E-state index is 17.3. The SMILES string of the molecule is C#Cc1c(F)ccc2cc(O)cc(-c3nc(OC)c4c(N5CCC[C@@](C)(O)C5)nc(OC[C@]56CCC[C@H]5N(C5CC7(CC(OC)C7)C5)CCC6)nc4c3F)c12. The number of terminal acetylenes is 1. The maximum atomic E-state index is 17.3. The van der Waals surface area contributed by atoms with Gasteiger partial charge in [0.15, 0.2) is 5.82 Å². The number of fused-ring (bicyclic) bond motifs is 3. The third kappa shape index (κ3) is 6.05. The van der Waals surface area contributed by atoms with E-state index >= 15 is 8.78 Å². The smallest absolute Gasteiger partial charge is 0.319 e. The predicted molar refractivity (Wildman–Crippen MR) is 205 cm³/mol. The summed E-state index contributed by atoms with van der Waals surface area (Å²) < 4.78 is 50.4. The molecule has 2 aromatic carbocycles. The molecule has 4 heterocycles. The van der Waals surface area contributed by atoms with Gasteiger partial charge in [-0.1, -0.05) is 18.4 Å². The maximum Gasteiger partial charge on any atom is 0.319 e. The van der Waals surface area contributed by atoms with Crippen molar-refractivity contribution in [2.75, 3.05) is 45.4 Å². The molecule has 9 rings (SSSR count). The van der Waals surface area contributed by atoms with Gasteiger partial charge in [-0.25, -0.2) is 13.8 Å². The molecule has 2 aliphatic heterocycles. The standard InChI is InChI=1S/C43H49F2N5O5/c1-5-29-31(44)11-10-25-17-27(51)18-30(33(25)29)36-35(45)37-34(39(46-36)54-4)38(49-15-7-12-41(2,52)23-49)48-40(47-37)55-24-43-13-6-9-32(43)50(16-8-14-43)26-19-42(20-26)21-28(22-42)53-3/h1,10-11,17-18,26,28,32,51-52H,6-9,12-16,19-24H2,2-4H3/t26?,28?,32-,41-,42?,43-/m1/s1. The van der Waals surface area contributed by atoms with Gasteiger partial charge in [-0.05, 0) is 107 Å². The van der Waals surface area contributed by atoms with Crippen LogP contribution in [-0.4, -0.2) is 94.3 Å². The highest BCUT2D eigenvalue weighted by Crippen LogP contribution is 2.60. The zero-order valence-electron chi connectivity index (χ0n) is 31.8. The molecule has 0 amide bonds. The van der Waals surface area contributed by atoms with Gasteiger partial charge in [-0.15, -0.1) is 6.42 Å². The Labute approximate surface area is 320 Å². The molecule has 12 heteroatoms. The number of methoxy groups -OCH3 is 2. The first kappa shape index (κ1) is 36.3. The van der Waals surface area contributed by atoms with E-state index < -0.39 is 17.2 Å². The van der Waals surface area contributed by atoms with Gasteiger partial charge in [0, 0.05) is 48.6 Å². The quantitative estimate of drug-likeness (QED) is 0.180. The third-order valence-corrected chi connectivity index (χ3v) is 13.6. The molecule has 3 atom stereocenters. The summed E-state index contributed by atoms with van der Waals surface area (Å²) in [7, 11) is 3.24. The van der Waals surface area contributed by atoms with E-state index in [0.29, 0.717) is 60.8 Å². The van der Waals surface area contributed by atoms with E-state index in [1.807, 2.05) is 12.0 Å². The van der Waals surface area contributed by atoms with E-state index in [0.717, 1.165) is 38.6 Å². The lowest BCUT2D eigenvalue weighted by molar-refractivity contribution is -0.154. The second-order valence-electron chi connectivity index (χ2n) is 17.2. The number of anilines is 1. The minimum Gasteiger partial charge on any atom is -0.508 e. The van der Waals surface area contributed by atoms with Gasteiger partial charge in [0.2, 0.25) is 5.88 Å². The normalized spacial score (nSPS) is 30.6. The molecule has 0 unspecified atom stereocenters. The summed E-state index contributed by atoms with van der Waals surface area (Å²) in [6, 6.07) is 6.47. The first-order valence-corrected chi connectivity index (χ1v) is 19.7. The van der Waals surface area contributed by atoms with Crippen molar-refractivity contribution in [2.45, 2.75) is 101 Å². The molecule has 0 bridgehead atoms. The molecule has 2 N–H and O–H groups in total. The second-order valence-corrected chi connectivity index (χ2v) is 17.2. The van der Waals surface area contributed by atoms with Crippen molar-refractivity contribution in [3.63, 3.8) is 0 Å². The number of piperidine rings is 2. The molecule has 55 heavy (non-hydrogen) atoms. The van der Waals surface area contributed by atoms with Gasteiger partial charge in [-0.2, -0.15) is 9.97 Å². The van der Waals surface area contributed by atoms with E-state index in [9.17, 15) is 10.2 Å². The van der Waals surface area contributed by atoms with Crippen molar-refractivity contribution in [3.8, 4) is 41.2 Å². The Kier molecular flexibility index (Phi) is 8.87. The molecule has 4 aromatic rings. The van der Waals surface area contributed by atoms with Gasteiger partial charge in [0.05, 0.1) is 31.0 Å². The fourth-order valence-electron chi connectivity index (χ4n) is 11.0. The van der Waals surface area contributed by atoms with Crippen LogP contribution in [0.25, 0.3) is 32.9 Å². The molecular weight excluding hydrogens is 704 g/mol. The summed E-state index contributed by atoms with van der Waals surface area (Å²) in [5.41, 5.74) is -0.913. The number of nitrogens with zero attached hydrogens (tertiary/aromatic N) is 5. The lowest BCUT2D eigenvalue weighted by Crippen LogP contribution is -2.63. The van der Waals surface area contributed by atoms with Crippen LogP contribution in [0.15, 0.2) is 24.3 Å². The van der Waals surface area contributed by atoms with Crippen LogP contribution in [0.5, 0.6) is 17.6 Å². The average molecular weight is 754 g/mol. The van der Waals surface area contributed by atoms with Gasteiger partial charge in [-0.3, -0.25) is 4.90 Å². The lowest BCUT2D eigenvalue weighted by atomic mass is 9.52. The molecule has 290 valence electrons. The van der Waals surface area contributed by atoms with Crippen LogP contribution >= 0.6 is 0 Å². The molecular formula is C43H49F2N5O5. The number of aliphatic hydroxyl groups is 1. The molecule has 5 aliphatic rings. The van der Waals surface area contributed by atoms with Crippen molar-refractivity contribution >= 4 is 27.5 Å². The summed E-state index contributed by atoms with van der Waals surface area (Å²) in [5, 5.41) is 22.8. The summed E-state index contributed by atoms with van der Waals surface area (Å²) in [6.07, 6.45) is 17.7. The summed E-state index contributed by atoms with van der Waals surface area (Å²) in [6.45, 7) is 4.09. The minimum atomic E-state index is -1.00. The van der Waals surface area contributed by atoms with Crippen LogP contribution in [0.1, 0.15) is 83.1 Å². The van der Waals surface area contributed by atoms with Gasteiger partial charge in [0.25, 0.3) is 0 Å². The van der Waals surface area contributed by atoms with Crippen LogP contribution in [0.4, 0.5) is 14.6 Å². The molecule has 2 aromatic heterocycles. The first-order chi connectivity index (χ1) is 26.5. The predicted octanol–water partition coefficient (Wildman–Crippen LogP) is 7.14. The van der Waals surface area contributed by atoms with Gasteiger partial charge >= 0.3 is 6.01 Å². The van der Waals surface area contributed by atoms with Crippen LogP contribution < -0.4 is 14.4 Å². The van der Waals surface area contributed by atoms with Crippen molar-refractivity contribution in [3.05, 3.63) is 41.5 Å². The number of pyridine rings is 1.